The average Bonchev–Trinajstić information content (AvgIpc) is 3.45. The van der Waals surface area contributed by atoms with E-state index in [9.17, 15) is 19.5 Å². The quantitative estimate of drug-likeness (QED) is 0.560. The van der Waals surface area contributed by atoms with Crippen LogP contribution in [0.5, 0.6) is 0 Å². The minimum atomic E-state index is -0.677. The lowest BCUT2D eigenvalue weighted by molar-refractivity contribution is -0.275. The molecule has 7 atom stereocenters. The summed E-state index contributed by atoms with van der Waals surface area (Å²) < 4.78 is 0. The molecule has 7 unspecified atom stereocenters. The number of hydrogen-bond donors (Lipinski definition) is 3. The molecule has 4 heterocycles. The summed E-state index contributed by atoms with van der Waals surface area (Å²) in [5.41, 5.74) is 5.26. The first-order chi connectivity index (χ1) is 18.7. The van der Waals surface area contributed by atoms with E-state index in [4.69, 9.17) is 0 Å². The van der Waals surface area contributed by atoms with Crippen molar-refractivity contribution in [3.63, 3.8) is 0 Å². The first-order valence-corrected chi connectivity index (χ1v) is 14.6. The van der Waals surface area contributed by atoms with Crippen LogP contribution in [0, 0.1) is 40.9 Å². The maximum Gasteiger partial charge on any atom is 0.233 e. The van der Waals surface area contributed by atoms with Gasteiger partial charge in [-0.25, -0.2) is 0 Å². The first kappa shape index (κ1) is 21.7. The second-order valence-corrected chi connectivity index (χ2v) is 14.5. The number of amides is 1. The molecule has 1 amide bonds. The van der Waals surface area contributed by atoms with Crippen molar-refractivity contribution in [1.29, 1.82) is 0 Å². The Labute approximate surface area is 226 Å². The van der Waals surface area contributed by atoms with Crippen molar-refractivity contribution >= 4 is 17.5 Å². The van der Waals surface area contributed by atoms with Crippen LogP contribution in [0.2, 0.25) is 0 Å². The van der Waals surface area contributed by atoms with Crippen LogP contribution in [0.25, 0.3) is 0 Å². The zero-order chi connectivity index (χ0) is 26.4. The molecule has 8 nitrogen and oxygen atoms in total. The Balaban J connectivity index is 0.906. The van der Waals surface area contributed by atoms with Crippen LogP contribution in [-0.2, 0) is 15.0 Å². The van der Waals surface area contributed by atoms with E-state index in [2.05, 4.69) is 29.0 Å². The van der Waals surface area contributed by atoms with Gasteiger partial charge in [-0.05, 0) is 75.1 Å². The number of aliphatic hydroxyl groups excluding tert-OH is 1. The van der Waals surface area contributed by atoms with E-state index in [1.54, 1.807) is 12.2 Å². The van der Waals surface area contributed by atoms with Crippen molar-refractivity contribution in [1.82, 2.24) is 20.1 Å². The number of nitrogens with one attached hydrogen (secondary N) is 2. The summed E-state index contributed by atoms with van der Waals surface area (Å²) in [6.45, 7) is 5.65. The van der Waals surface area contributed by atoms with Gasteiger partial charge >= 0.3 is 0 Å². The Morgan fingerprint density at radius 2 is 1.87 bits per heavy atom. The van der Waals surface area contributed by atoms with E-state index in [-0.39, 0.29) is 45.7 Å². The van der Waals surface area contributed by atoms with E-state index in [0.29, 0.717) is 36.8 Å². The van der Waals surface area contributed by atoms with Crippen LogP contribution < -0.4 is 5.32 Å². The van der Waals surface area contributed by atoms with Crippen LogP contribution in [0.1, 0.15) is 60.6 Å². The zero-order valence-electron chi connectivity index (χ0n) is 22.2. The first-order valence-electron chi connectivity index (χ1n) is 14.6. The summed E-state index contributed by atoms with van der Waals surface area (Å²) in [5.74, 6) is 1.27. The summed E-state index contributed by atoms with van der Waals surface area (Å²) in [4.78, 5) is 47.2. The Morgan fingerprint density at radius 3 is 2.67 bits per heavy atom. The van der Waals surface area contributed by atoms with Crippen LogP contribution in [0.4, 0.5) is 0 Å². The van der Waals surface area contributed by atoms with E-state index >= 15 is 0 Å². The fourth-order valence-electron chi connectivity index (χ4n) is 11.1. The van der Waals surface area contributed by atoms with Gasteiger partial charge in [0.05, 0.1) is 17.2 Å². The van der Waals surface area contributed by atoms with Gasteiger partial charge in [0.15, 0.2) is 5.78 Å². The Bertz CT molecular complexity index is 1580. The van der Waals surface area contributed by atoms with Gasteiger partial charge in [-0.2, -0.15) is 0 Å². The van der Waals surface area contributed by atoms with Crippen molar-refractivity contribution in [2.75, 3.05) is 13.1 Å². The number of aryl methyl sites for hydroxylation is 1. The van der Waals surface area contributed by atoms with Gasteiger partial charge in [0, 0.05) is 65.0 Å². The molecule has 1 aromatic rings. The number of piperidine rings is 2. The molecule has 39 heavy (non-hydrogen) atoms. The van der Waals surface area contributed by atoms with E-state index in [1.807, 2.05) is 17.3 Å². The lowest BCUT2D eigenvalue weighted by Crippen LogP contribution is -2.73. The second-order valence-electron chi connectivity index (χ2n) is 14.5. The van der Waals surface area contributed by atoms with Gasteiger partial charge in [0.2, 0.25) is 11.7 Å². The Hall–Kier alpha value is -3.13. The maximum atomic E-state index is 14.0. The molecule has 5 saturated carbocycles. The van der Waals surface area contributed by atoms with Crippen LogP contribution in [-0.4, -0.2) is 62.7 Å². The third-order valence-electron chi connectivity index (χ3n) is 12.7. The zero-order valence-corrected chi connectivity index (χ0v) is 22.2. The highest BCUT2D eigenvalue weighted by Crippen LogP contribution is 2.79. The molecule has 0 radical (unpaired) electrons. The molecule has 3 N–H and O–H groups in total. The lowest BCUT2D eigenvalue weighted by atomic mass is 9.34. The van der Waals surface area contributed by atoms with Crippen LogP contribution in [0.3, 0.4) is 0 Å². The summed E-state index contributed by atoms with van der Waals surface area (Å²) in [6, 6.07) is -0.177. The number of ketones is 2. The van der Waals surface area contributed by atoms with Crippen LogP contribution in [0.15, 0.2) is 41.5 Å². The molecule has 7 aliphatic carbocycles. The number of fused-ring (bicyclic) bond motifs is 2. The standard InChI is InChI=1S/C31H32N4O4/c1-14-7-32-24-18(36)3-20-30(22(14)24)5-16(30)9-34(20)26(38)28-11-29(12-28,13-28)27(39)35-10-17-6-31(17)21(35)4-19(37)25-23(31)15(2)8-33-25/h3-4,7-8,16-17,22,24,27,32-33,39H,5-6,9-13H2,1-2H3. The van der Waals surface area contributed by atoms with Gasteiger partial charge < -0.3 is 25.2 Å². The molecule has 11 rings (SSSR count). The number of hydrogen-bond acceptors (Lipinski definition) is 6. The van der Waals surface area contributed by atoms with Crippen molar-refractivity contribution in [2.45, 2.75) is 63.6 Å². The molecule has 2 bridgehead atoms. The highest BCUT2D eigenvalue weighted by atomic mass is 16.3. The van der Waals surface area contributed by atoms with Crippen molar-refractivity contribution < 1.29 is 19.5 Å². The van der Waals surface area contributed by atoms with Gasteiger partial charge in [0.1, 0.15) is 6.23 Å². The number of aromatic amines is 1. The monoisotopic (exact) mass is 524 g/mol. The number of aromatic nitrogens is 1. The highest BCUT2D eigenvalue weighted by molar-refractivity contribution is 6.07. The summed E-state index contributed by atoms with van der Waals surface area (Å²) in [6.07, 6.45) is 10.9. The molecule has 200 valence electrons. The smallest absolute Gasteiger partial charge is 0.233 e. The maximum absolute atomic E-state index is 14.0. The topological polar surface area (TPSA) is 106 Å². The van der Waals surface area contributed by atoms with Crippen LogP contribution >= 0.6 is 0 Å². The highest BCUT2D eigenvalue weighted by Gasteiger charge is 2.79. The Morgan fingerprint density at radius 1 is 1.08 bits per heavy atom. The van der Waals surface area contributed by atoms with Gasteiger partial charge in [-0.1, -0.05) is 5.57 Å². The number of rotatable bonds is 3. The van der Waals surface area contributed by atoms with Crippen molar-refractivity contribution in [3.8, 4) is 0 Å². The minimum Gasteiger partial charge on any atom is -0.380 e. The summed E-state index contributed by atoms with van der Waals surface area (Å²) >= 11 is 0. The molecular formula is C31H32N4O4. The predicted octanol–water partition coefficient (Wildman–Crippen LogP) is 2.27. The largest absolute Gasteiger partial charge is 0.380 e. The average molecular weight is 525 g/mol. The molecule has 7 fully saturated rings. The lowest BCUT2D eigenvalue weighted by Gasteiger charge is -2.72. The van der Waals surface area contributed by atoms with Crippen molar-refractivity contribution in [2.24, 2.45) is 34.0 Å². The molecule has 10 aliphatic rings. The number of allylic oxidation sites excluding steroid dienone is 3. The fourth-order valence-corrected chi connectivity index (χ4v) is 11.1. The molecule has 1 aromatic heterocycles. The second kappa shape index (κ2) is 5.97. The number of aliphatic hydroxyl groups is 1. The van der Waals surface area contributed by atoms with Gasteiger partial charge in [0.25, 0.3) is 0 Å². The third kappa shape index (κ3) is 2.07. The summed E-state index contributed by atoms with van der Waals surface area (Å²) in [5, 5.41) is 15.0. The minimum absolute atomic E-state index is 0.00525. The molecule has 3 aliphatic heterocycles. The molecule has 2 saturated heterocycles. The van der Waals surface area contributed by atoms with E-state index in [0.717, 1.165) is 48.5 Å². The third-order valence-corrected chi connectivity index (χ3v) is 12.7. The number of likely N-dealkylation sites (tertiary alicyclic amines) is 2. The number of carbonyl (C=O) groups is 3. The fraction of sp³-hybridized carbons (Fsp3) is 0.581. The van der Waals surface area contributed by atoms with E-state index in [1.165, 1.54) is 5.57 Å². The molecule has 0 aromatic carbocycles. The molecular weight excluding hydrogens is 492 g/mol. The SMILES string of the molecule is CC1=CNC2C(=O)C=C3N(C(=O)C45CC(C(O)N6CC7CC78C6=CC(=O)c6[nH]cc(C)c68)(C4)C5)CC4CC34C12. The number of nitrogens with zero attached hydrogens (tertiary/aromatic N) is 2. The molecule has 8 heteroatoms. The predicted molar refractivity (Wildman–Crippen MR) is 139 cm³/mol. The number of carbonyl (C=O) groups excluding carboxylic acids is 3. The summed E-state index contributed by atoms with van der Waals surface area (Å²) in [7, 11) is 0. The number of H-pyrrole nitrogens is 1. The van der Waals surface area contributed by atoms with Crippen molar-refractivity contribution in [3.05, 3.63) is 58.3 Å². The Kier molecular flexibility index (Phi) is 3.32. The van der Waals surface area contributed by atoms with Gasteiger partial charge in [-0.15, -0.1) is 0 Å². The van der Waals surface area contributed by atoms with Gasteiger partial charge in [-0.3, -0.25) is 14.4 Å². The normalized spacial score (nSPS) is 47.2. The molecule has 2 spiro atoms. The van der Waals surface area contributed by atoms with E-state index < -0.39 is 11.6 Å².